The summed E-state index contributed by atoms with van der Waals surface area (Å²) in [7, 11) is 0. The van der Waals surface area contributed by atoms with Gasteiger partial charge in [0.15, 0.2) is 5.82 Å². The number of non-ortho nitro benzene ring substituents is 1. The van der Waals surface area contributed by atoms with Crippen LogP contribution in [-0.4, -0.2) is 20.6 Å². The summed E-state index contributed by atoms with van der Waals surface area (Å²) in [4.78, 5) is 38.5. The summed E-state index contributed by atoms with van der Waals surface area (Å²) in [6, 6.07) is 11.2. The fourth-order valence-electron chi connectivity index (χ4n) is 2.30. The molecule has 0 saturated carbocycles. The molecule has 0 saturated heterocycles. The molecule has 0 fully saturated rings. The molecule has 9 heteroatoms. The monoisotopic (exact) mass is 325 g/mol. The van der Waals surface area contributed by atoms with Crippen LogP contribution in [0.1, 0.15) is 0 Å². The van der Waals surface area contributed by atoms with Crippen molar-refractivity contribution in [2.75, 3.05) is 5.43 Å². The summed E-state index contributed by atoms with van der Waals surface area (Å²) in [5, 5.41) is 11.2. The standard InChI is InChI=1S/C15H11N5O4/c16-15(22)18-19-13(9-4-3-5-10(8-9)20(23)24)17-12-7-2-1-6-11(12)14(19)21/h1-8H,(H3,16,18,22). The Kier molecular flexibility index (Phi) is 3.66. The second-order valence-corrected chi connectivity index (χ2v) is 4.88. The minimum Gasteiger partial charge on any atom is -0.350 e. The molecule has 0 bridgehead atoms. The predicted molar refractivity (Wildman–Crippen MR) is 87.0 cm³/mol. The number of fused-ring (bicyclic) bond motifs is 1. The minimum absolute atomic E-state index is 0.0428. The van der Waals surface area contributed by atoms with Crippen molar-refractivity contribution >= 4 is 22.6 Å². The summed E-state index contributed by atoms with van der Waals surface area (Å²) < 4.78 is 0.879. The Labute approximate surface area is 134 Å². The van der Waals surface area contributed by atoms with Crippen LogP contribution in [0.3, 0.4) is 0 Å². The van der Waals surface area contributed by atoms with Gasteiger partial charge in [-0.05, 0) is 12.1 Å². The number of carbonyl (C=O) groups is 1. The zero-order valence-electron chi connectivity index (χ0n) is 12.2. The molecule has 1 heterocycles. The van der Waals surface area contributed by atoms with E-state index in [0.29, 0.717) is 11.1 Å². The predicted octanol–water partition coefficient (Wildman–Crippen LogP) is 1.59. The highest BCUT2D eigenvalue weighted by Gasteiger charge is 2.16. The van der Waals surface area contributed by atoms with E-state index in [0.717, 1.165) is 4.68 Å². The number of aromatic nitrogens is 2. The molecule has 0 atom stereocenters. The number of hydrogen-bond donors (Lipinski definition) is 2. The number of carbonyl (C=O) groups excluding carboxylic acids is 1. The Morgan fingerprint density at radius 3 is 2.67 bits per heavy atom. The highest BCUT2D eigenvalue weighted by Crippen LogP contribution is 2.22. The normalized spacial score (nSPS) is 10.5. The number of benzene rings is 2. The number of nitro groups is 1. The summed E-state index contributed by atoms with van der Waals surface area (Å²) in [6.07, 6.45) is 0. The summed E-state index contributed by atoms with van der Waals surface area (Å²) in [5.41, 5.74) is 7.29. The van der Waals surface area contributed by atoms with Gasteiger partial charge < -0.3 is 5.73 Å². The maximum Gasteiger partial charge on any atom is 0.331 e. The highest BCUT2D eigenvalue weighted by molar-refractivity contribution is 5.84. The zero-order chi connectivity index (χ0) is 17.3. The van der Waals surface area contributed by atoms with Crippen LogP contribution >= 0.6 is 0 Å². The van der Waals surface area contributed by atoms with Crippen molar-refractivity contribution in [2.24, 2.45) is 5.73 Å². The number of amides is 2. The van der Waals surface area contributed by atoms with E-state index in [-0.39, 0.29) is 16.9 Å². The molecule has 0 aliphatic heterocycles. The number of nitrogens with zero attached hydrogens (tertiary/aromatic N) is 3. The minimum atomic E-state index is -0.958. The van der Waals surface area contributed by atoms with E-state index in [4.69, 9.17) is 5.73 Å². The summed E-state index contributed by atoms with van der Waals surface area (Å²) in [5.74, 6) is 0.0428. The number of nitrogens with one attached hydrogen (secondary N) is 1. The van der Waals surface area contributed by atoms with Crippen molar-refractivity contribution in [3.63, 3.8) is 0 Å². The van der Waals surface area contributed by atoms with Crippen LogP contribution in [0.2, 0.25) is 0 Å². The third kappa shape index (κ3) is 2.65. The third-order valence-electron chi connectivity index (χ3n) is 3.31. The Balaban J connectivity index is 2.33. The van der Waals surface area contributed by atoms with E-state index in [1.165, 1.54) is 18.2 Å². The Hall–Kier alpha value is -3.75. The van der Waals surface area contributed by atoms with Crippen molar-refractivity contribution in [2.45, 2.75) is 0 Å². The smallest absolute Gasteiger partial charge is 0.331 e. The van der Waals surface area contributed by atoms with Gasteiger partial charge in [-0.2, -0.15) is 4.68 Å². The number of hydrogen-bond acceptors (Lipinski definition) is 5. The lowest BCUT2D eigenvalue weighted by Gasteiger charge is -2.13. The fourth-order valence-corrected chi connectivity index (χ4v) is 2.30. The second kappa shape index (κ2) is 5.80. The maximum atomic E-state index is 12.6. The topological polar surface area (TPSA) is 133 Å². The van der Waals surface area contributed by atoms with Gasteiger partial charge in [0.1, 0.15) is 0 Å². The van der Waals surface area contributed by atoms with Crippen LogP contribution in [-0.2, 0) is 0 Å². The number of urea groups is 1. The molecule has 120 valence electrons. The van der Waals surface area contributed by atoms with Crippen molar-refractivity contribution in [1.82, 2.24) is 9.66 Å². The molecule has 0 aliphatic carbocycles. The summed E-state index contributed by atoms with van der Waals surface area (Å²) >= 11 is 0. The van der Waals surface area contributed by atoms with Crippen molar-refractivity contribution in [1.29, 1.82) is 0 Å². The Morgan fingerprint density at radius 1 is 1.21 bits per heavy atom. The maximum absolute atomic E-state index is 12.6. The molecular formula is C15H11N5O4. The van der Waals surface area contributed by atoms with E-state index >= 15 is 0 Å². The Bertz CT molecular complexity index is 1030. The van der Waals surface area contributed by atoms with Gasteiger partial charge in [-0.15, -0.1) is 0 Å². The molecule has 3 rings (SSSR count). The number of nitrogens with two attached hydrogens (primary N) is 1. The van der Waals surface area contributed by atoms with E-state index < -0.39 is 16.5 Å². The van der Waals surface area contributed by atoms with Crippen LogP contribution in [0.15, 0.2) is 53.3 Å². The lowest BCUT2D eigenvalue weighted by Crippen LogP contribution is -2.37. The van der Waals surface area contributed by atoms with Crippen molar-refractivity contribution in [3.8, 4) is 11.4 Å². The molecule has 2 aromatic carbocycles. The average molecular weight is 325 g/mol. The molecule has 1 aromatic heterocycles. The molecule has 0 radical (unpaired) electrons. The fraction of sp³-hybridized carbons (Fsp3) is 0. The summed E-state index contributed by atoms with van der Waals surface area (Å²) in [6.45, 7) is 0. The van der Waals surface area contributed by atoms with Gasteiger partial charge in [0, 0.05) is 17.7 Å². The van der Waals surface area contributed by atoms with Crippen LogP contribution in [0.5, 0.6) is 0 Å². The quantitative estimate of drug-likeness (QED) is 0.557. The lowest BCUT2D eigenvalue weighted by atomic mass is 10.1. The first-order valence-electron chi connectivity index (χ1n) is 6.80. The first-order valence-corrected chi connectivity index (χ1v) is 6.80. The number of rotatable bonds is 3. The Morgan fingerprint density at radius 2 is 1.96 bits per heavy atom. The second-order valence-electron chi connectivity index (χ2n) is 4.88. The van der Waals surface area contributed by atoms with Gasteiger partial charge in [0.2, 0.25) is 0 Å². The molecule has 3 aromatic rings. The first kappa shape index (κ1) is 15.2. The highest BCUT2D eigenvalue weighted by atomic mass is 16.6. The zero-order valence-corrected chi connectivity index (χ0v) is 12.2. The molecule has 9 nitrogen and oxygen atoms in total. The van der Waals surface area contributed by atoms with Gasteiger partial charge in [-0.25, -0.2) is 15.2 Å². The van der Waals surface area contributed by atoms with Crippen LogP contribution in [0.4, 0.5) is 10.5 Å². The molecule has 0 unspecified atom stereocenters. The molecule has 2 amide bonds. The molecule has 3 N–H and O–H groups in total. The van der Waals surface area contributed by atoms with Crippen LogP contribution in [0, 0.1) is 10.1 Å². The van der Waals surface area contributed by atoms with Gasteiger partial charge in [-0.3, -0.25) is 14.9 Å². The van der Waals surface area contributed by atoms with Crippen molar-refractivity contribution < 1.29 is 9.72 Å². The molecule has 24 heavy (non-hydrogen) atoms. The van der Waals surface area contributed by atoms with Gasteiger partial charge in [0.25, 0.3) is 11.2 Å². The first-order chi connectivity index (χ1) is 11.5. The van der Waals surface area contributed by atoms with Crippen molar-refractivity contribution in [3.05, 3.63) is 69.0 Å². The van der Waals surface area contributed by atoms with Gasteiger partial charge in [-0.1, -0.05) is 24.3 Å². The van der Waals surface area contributed by atoms with E-state index in [2.05, 4.69) is 10.4 Å². The molecule has 0 spiro atoms. The average Bonchev–Trinajstić information content (AvgIpc) is 2.57. The van der Waals surface area contributed by atoms with Crippen LogP contribution < -0.4 is 16.7 Å². The van der Waals surface area contributed by atoms with Gasteiger partial charge >= 0.3 is 6.03 Å². The molecular weight excluding hydrogens is 314 g/mol. The van der Waals surface area contributed by atoms with E-state index in [1.807, 2.05) is 0 Å². The van der Waals surface area contributed by atoms with Crippen LogP contribution in [0.25, 0.3) is 22.3 Å². The lowest BCUT2D eigenvalue weighted by molar-refractivity contribution is -0.384. The van der Waals surface area contributed by atoms with Gasteiger partial charge in [0.05, 0.1) is 15.8 Å². The molecule has 0 aliphatic rings. The largest absolute Gasteiger partial charge is 0.350 e. The SMILES string of the molecule is NC(=O)Nn1c(-c2cccc([N+](=O)[O-])c2)nc2ccccc2c1=O. The van der Waals surface area contributed by atoms with E-state index in [1.54, 1.807) is 30.3 Å². The number of primary amides is 1. The number of nitro benzene ring substituents is 1. The third-order valence-corrected chi connectivity index (χ3v) is 3.31. The number of para-hydroxylation sites is 1. The van der Waals surface area contributed by atoms with E-state index in [9.17, 15) is 19.7 Å².